The predicted octanol–water partition coefficient (Wildman–Crippen LogP) is 1.32. The number of likely N-dealkylation sites (tertiary alicyclic amines) is 1. The van der Waals surface area contributed by atoms with E-state index in [1.807, 2.05) is 30.3 Å². The van der Waals surface area contributed by atoms with E-state index < -0.39 is 0 Å². The standard InChI is InChI=1S/C14H18N2/c15-11-14-8-10-16(12-14)9-4-7-13-5-2-1-3-6-13/h1-3,5-6,14H,8-12,15H2. The zero-order chi connectivity index (χ0) is 11.2. The summed E-state index contributed by atoms with van der Waals surface area (Å²) in [5.41, 5.74) is 6.75. The minimum Gasteiger partial charge on any atom is -0.330 e. The molecule has 0 saturated carbocycles. The van der Waals surface area contributed by atoms with Crippen molar-refractivity contribution in [2.45, 2.75) is 6.42 Å². The van der Waals surface area contributed by atoms with Crippen LogP contribution in [0.2, 0.25) is 0 Å². The number of benzene rings is 1. The van der Waals surface area contributed by atoms with E-state index in [2.05, 4.69) is 16.7 Å². The number of hydrogen-bond donors (Lipinski definition) is 1. The van der Waals surface area contributed by atoms with E-state index in [-0.39, 0.29) is 0 Å². The van der Waals surface area contributed by atoms with Crippen molar-refractivity contribution < 1.29 is 0 Å². The summed E-state index contributed by atoms with van der Waals surface area (Å²) in [6, 6.07) is 10.1. The summed E-state index contributed by atoms with van der Waals surface area (Å²) in [7, 11) is 0. The van der Waals surface area contributed by atoms with Gasteiger partial charge in [-0.25, -0.2) is 0 Å². The molecule has 2 nitrogen and oxygen atoms in total. The molecule has 0 spiro atoms. The lowest BCUT2D eigenvalue weighted by Gasteiger charge is -2.10. The van der Waals surface area contributed by atoms with Crippen LogP contribution in [0, 0.1) is 17.8 Å². The van der Waals surface area contributed by atoms with Gasteiger partial charge in [-0.05, 0) is 37.6 Å². The highest BCUT2D eigenvalue weighted by Gasteiger charge is 2.19. The number of nitrogens with two attached hydrogens (primary N) is 1. The summed E-state index contributed by atoms with van der Waals surface area (Å²) in [6.07, 6.45) is 1.23. The molecule has 0 amide bonds. The Balaban J connectivity index is 1.82. The Labute approximate surface area is 97.4 Å². The zero-order valence-electron chi connectivity index (χ0n) is 9.52. The van der Waals surface area contributed by atoms with Gasteiger partial charge in [0.1, 0.15) is 0 Å². The first kappa shape index (κ1) is 11.2. The largest absolute Gasteiger partial charge is 0.330 e. The van der Waals surface area contributed by atoms with Crippen LogP contribution < -0.4 is 5.73 Å². The maximum absolute atomic E-state index is 5.65. The number of rotatable bonds is 2. The van der Waals surface area contributed by atoms with Gasteiger partial charge < -0.3 is 5.73 Å². The van der Waals surface area contributed by atoms with Crippen LogP contribution in [0.25, 0.3) is 0 Å². The quantitative estimate of drug-likeness (QED) is 0.752. The summed E-state index contributed by atoms with van der Waals surface area (Å²) < 4.78 is 0. The van der Waals surface area contributed by atoms with Gasteiger partial charge in [-0.2, -0.15) is 0 Å². The van der Waals surface area contributed by atoms with Crippen molar-refractivity contribution in [3.05, 3.63) is 35.9 Å². The molecule has 16 heavy (non-hydrogen) atoms. The minimum absolute atomic E-state index is 0.679. The van der Waals surface area contributed by atoms with Crippen molar-refractivity contribution in [2.24, 2.45) is 11.7 Å². The molecule has 0 bridgehead atoms. The third kappa shape index (κ3) is 3.10. The Morgan fingerprint density at radius 2 is 2.12 bits per heavy atom. The third-order valence-corrected chi connectivity index (χ3v) is 3.01. The van der Waals surface area contributed by atoms with Crippen LogP contribution in [-0.2, 0) is 0 Å². The monoisotopic (exact) mass is 214 g/mol. The second-order valence-electron chi connectivity index (χ2n) is 4.29. The SMILES string of the molecule is NCC1CCN(CC#Cc2ccccc2)C1. The summed E-state index contributed by atoms with van der Waals surface area (Å²) in [4.78, 5) is 2.38. The molecule has 0 aliphatic carbocycles. The molecule has 1 aromatic carbocycles. The van der Waals surface area contributed by atoms with Crippen molar-refractivity contribution in [3.63, 3.8) is 0 Å². The molecule has 1 aliphatic heterocycles. The van der Waals surface area contributed by atoms with E-state index in [0.29, 0.717) is 5.92 Å². The van der Waals surface area contributed by atoms with Gasteiger partial charge in [-0.1, -0.05) is 30.0 Å². The number of hydrogen-bond acceptors (Lipinski definition) is 2. The molecule has 1 fully saturated rings. The molecule has 1 saturated heterocycles. The Kier molecular flexibility index (Phi) is 3.98. The first-order chi connectivity index (χ1) is 7.88. The smallest absolute Gasteiger partial charge is 0.0605 e. The Morgan fingerprint density at radius 3 is 2.81 bits per heavy atom. The molecule has 2 N–H and O–H groups in total. The van der Waals surface area contributed by atoms with Crippen molar-refractivity contribution in [1.29, 1.82) is 0 Å². The van der Waals surface area contributed by atoms with Crippen molar-refractivity contribution >= 4 is 0 Å². The molecule has 1 heterocycles. The molecule has 1 atom stereocenters. The normalized spacial score (nSPS) is 20.4. The highest BCUT2D eigenvalue weighted by Crippen LogP contribution is 2.13. The maximum atomic E-state index is 5.65. The molecule has 0 radical (unpaired) electrons. The van der Waals surface area contributed by atoms with E-state index in [1.165, 1.54) is 6.42 Å². The van der Waals surface area contributed by atoms with Crippen LogP contribution in [0.15, 0.2) is 30.3 Å². The molecule has 1 aromatic rings. The lowest BCUT2D eigenvalue weighted by atomic mass is 10.1. The summed E-state index contributed by atoms with van der Waals surface area (Å²) in [5, 5.41) is 0. The van der Waals surface area contributed by atoms with Crippen LogP contribution >= 0.6 is 0 Å². The van der Waals surface area contributed by atoms with Crippen LogP contribution in [0.3, 0.4) is 0 Å². The van der Waals surface area contributed by atoms with Gasteiger partial charge in [-0.15, -0.1) is 0 Å². The van der Waals surface area contributed by atoms with Gasteiger partial charge in [0.05, 0.1) is 6.54 Å². The molecule has 1 aliphatic rings. The predicted molar refractivity (Wildman–Crippen MR) is 66.9 cm³/mol. The van der Waals surface area contributed by atoms with E-state index in [1.54, 1.807) is 0 Å². The molecule has 2 heteroatoms. The van der Waals surface area contributed by atoms with Crippen molar-refractivity contribution in [2.75, 3.05) is 26.2 Å². The third-order valence-electron chi connectivity index (χ3n) is 3.01. The van der Waals surface area contributed by atoms with E-state index in [4.69, 9.17) is 5.73 Å². The zero-order valence-corrected chi connectivity index (χ0v) is 9.52. The van der Waals surface area contributed by atoms with Gasteiger partial charge in [0.15, 0.2) is 0 Å². The average Bonchev–Trinajstić information content (AvgIpc) is 2.78. The van der Waals surface area contributed by atoms with Crippen LogP contribution in [0.1, 0.15) is 12.0 Å². The van der Waals surface area contributed by atoms with E-state index in [9.17, 15) is 0 Å². The highest BCUT2D eigenvalue weighted by molar-refractivity contribution is 5.33. The first-order valence-electron chi connectivity index (χ1n) is 5.85. The highest BCUT2D eigenvalue weighted by atomic mass is 15.1. The molecule has 84 valence electrons. The maximum Gasteiger partial charge on any atom is 0.0605 e. The Morgan fingerprint density at radius 1 is 1.31 bits per heavy atom. The first-order valence-corrected chi connectivity index (χ1v) is 5.85. The molecule has 0 aromatic heterocycles. The lowest BCUT2D eigenvalue weighted by Crippen LogP contribution is -2.23. The van der Waals surface area contributed by atoms with Crippen LogP contribution in [0.4, 0.5) is 0 Å². The topological polar surface area (TPSA) is 29.3 Å². The fourth-order valence-electron chi connectivity index (χ4n) is 2.02. The summed E-state index contributed by atoms with van der Waals surface area (Å²) in [6.45, 7) is 3.93. The lowest BCUT2D eigenvalue weighted by molar-refractivity contribution is 0.366. The number of nitrogens with zero attached hydrogens (tertiary/aromatic N) is 1. The molecular formula is C14H18N2. The van der Waals surface area contributed by atoms with Gasteiger partial charge >= 0.3 is 0 Å². The van der Waals surface area contributed by atoms with Crippen molar-refractivity contribution in [3.8, 4) is 11.8 Å². The molecule has 1 unspecified atom stereocenters. The summed E-state index contributed by atoms with van der Waals surface area (Å²) in [5.74, 6) is 7.08. The van der Waals surface area contributed by atoms with Gasteiger partial charge in [0.25, 0.3) is 0 Å². The Bertz CT molecular complexity index is 375. The summed E-state index contributed by atoms with van der Waals surface area (Å²) >= 11 is 0. The second-order valence-corrected chi connectivity index (χ2v) is 4.29. The van der Waals surface area contributed by atoms with E-state index >= 15 is 0 Å². The van der Waals surface area contributed by atoms with Gasteiger partial charge in [0.2, 0.25) is 0 Å². The minimum atomic E-state index is 0.679. The van der Waals surface area contributed by atoms with Crippen molar-refractivity contribution in [1.82, 2.24) is 4.90 Å². The Hall–Kier alpha value is -1.30. The van der Waals surface area contributed by atoms with Gasteiger partial charge in [-0.3, -0.25) is 4.90 Å². The molecular weight excluding hydrogens is 196 g/mol. The van der Waals surface area contributed by atoms with Gasteiger partial charge in [0, 0.05) is 12.1 Å². The van der Waals surface area contributed by atoms with E-state index in [0.717, 1.165) is 31.7 Å². The fraction of sp³-hybridized carbons (Fsp3) is 0.429. The van der Waals surface area contributed by atoms with Crippen LogP contribution in [-0.4, -0.2) is 31.1 Å². The van der Waals surface area contributed by atoms with Crippen LogP contribution in [0.5, 0.6) is 0 Å². The molecule has 2 rings (SSSR count). The fourth-order valence-corrected chi connectivity index (χ4v) is 2.02. The second kappa shape index (κ2) is 5.69. The average molecular weight is 214 g/mol.